The highest BCUT2D eigenvalue weighted by molar-refractivity contribution is 5.75. The van der Waals surface area contributed by atoms with Gasteiger partial charge >= 0.3 is 6.03 Å². The molecule has 0 atom stereocenters. The molecule has 2 rings (SSSR count). The minimum atomic E-state index is -0.102. The first-order chi connectivity index (χ1) is 9.27. The van der Waals surface area contributed by atoms with E-state index in [1.54, 1.807) is 0 Å². The molecule has 1 saturated carbocycles. The minimum Gasteiger partial charge on any atom is -0.338 e. The van der Waals surface area contributed by atoms with Gasteiger partial charge in [0.15, 0.2) is 0 Å². The number of carbonyl (C=O) groups is 1. The maximum absolute atomic E-state index is 11.9. The summed E-state index contributed by atoms with van der Waals surface area (Å²) in [5.41, 5.74) is 1.12. The van der Waals surface area contributed by atoms with Crippen LogP contribution in [-0.2, 0) is 5.54 Å². The van der Waals surface area contributed by atoms with Crippen molar-refractivity contribution in [1.82, 2.24) is 10.6 Å². The first kappa shape index (κ1) is 13.9. The molecule has 0 radical (unpaired) electrons. The third-order valence-electron chi connectivity index (χ3n) is 3.75. The Balaban J connectivity index is 1.74. The second-order valence-corrected chi connectivity index (χ2v) is 5.39. The van der Waals surface area contributed by atoms with E-state index in [4.69, 9.17) is 0 Å². The summed E-state index contributed by atoms with van der Waals surface area (Å²) in [6.45, 7) is 2.97. The summed E-state index contributed by atoms with van der Waals surface area (Å²) >= 11 is 0. The van der Waals surface area contributed by atoms with Crippen LogP contribution in [0, 0.1) is 0 Å². The minimum absolute atomic E-state index is 0.0298. The Kier molecular flexibility index (Phi) is 4.83. The highest BCUT2D eigenvalue weighted by Gasteiger charge is 2.45. The summed E-state index contributed by atoms with van der Waals surface area (Å²) in [5, 5.41) is 6.08. The fourth-order valence-corrected chi connectivity index (χ4v) is 2.38. The van der Waals surface area contributed by atoms with Crippen molar-refractivity contribution in [2.45, 2.75) is 51.0 Å². The average Bonchev–Trinajstić information content (AvgIpc) is 3.20. The SMILES string of the molecule is CCCCCCNC(=O)NC1(c2ccccc2)CC1. The quantitative estimate of drug-likeness (QED) is 0.723. The fourth-order valence-electron chi connectivity index (χ4n) is 2.38. The number of unbranched alkanes of at least 4 members (excludes halogenated alkanes) is 3. The molecule has 0 spiro atoms. The third kappa shape index (κ3) is 3.98. The predicted molar refractivity (Wildman–Crippen MR) is 78.0 cm³/mol. The van der Waals surface area contributed by atoms with Crippen LogP contribution in [-0.4, -0.2) is 12.6 Å². The normalized spacial score (nSPS) is 15.8. The summed E-state index contributed by atoms with van der Waals surface area (Å²) < 4.78 is 0. The molecule has 2 N–H and O–H groups in total. The zero-order valence-corrected chi connectivity index (χ0v) is 11.7. The number of urea groups is 1. The molecule has 1 fully saturated rings. The lowest BCUT2D eigenvalue weighted by molar-refractivity contribution is 0.235. The zero-order chi connectivity index (χ0) is 13.6. The molecule has 0 aliphatic heterocycles. The molecule has 1 aromatic rings. The smallest absolute Gasteiger partial charge is 0.315 e. The van der Waals surface area contributed by atoms with Crippen LogP contribution >= 0.6 is 0 Å². The molecule has 1 aromatic carbocycles. The fraction of sp³-hybridized carbons (Fsp3) is 0.562. The van der Waals surface area contributed by atoms with Gasteiger partial charge < -0.3 is 10.6 Å². The molecule has 2 amide bonds. The van der Waals surface area contributed by atoms with Crippen molar-refractivity contribution < 1.29 is 4.79 Å². The zero-order valence-electron chi connectivity index (χ0n) is 11.7. The van der Waals surface area contributed by atoms with Crippen LogP contribution in [0.3, 0.4) is 0 Å². The van der Waals surface area contributed by atoms with Crippen molar-refractivity contribution in [3.63, 3.8) is 0 Å². The maximum atomic E-state index is 11.9. The van der Waals surface area contributed by atoms with Gasteiger partial charge in [-0.15, -0.1) is 0 Å². The molecule has 104 valence electrons. The Hall–Kier alpha value is -1.51. The molecule has 0 bridgehead atoms. The number of hydrogen-bond acceptors (Lipinski definition) is 1. The van der Waals surface area contributed by atoms with Crippen molar-refractivity contribution >= 4 is 6.03 Å². The number of hydrogen-bond donors (Lipinski definition) is 2. The van der Waals surface area contributed by atoms with Crippen molar-refractivity contribution in [3.05, 3.63) is 35.9 Å². The van der Waals surface area contributed by atoms with Crippen LogP contribution in [0.2, 0.25) is 0 Å². The largest absolute Gasteiger partial charge is 0.338 e. The Morgan fingerprint density at radius 2 is 1.89 bits per heavy atom. The maximum Gasteiger partial charge on any atom is 0.315 e. The molecule has 1 aliphatic carbocycles. The summed E-state index contributed by atoms with van der Waals surface area (Å²) in [6, 6.07) is 10.2. The van der Waals surface area contributed by atoms with Gasteiger partial charge in [0.05, 0.1) is 5.54 Å². The molecule has 3 nitrogen and oxygen atoms in total. The van der Waals surface area contributed by atoms with Gasteiger partial charge in [-0.05, 0) is 24.8 Å². The second kappa shape index (κ2) is 6.60. The first-order valence-electron chi connectivity index (χ1n) is 7.38. The number of rotatable bonds is 7. The highest BCUT2D eigenvalue weighted by atomic mass is 16.2. The Morgan fingerprint density at radius 3 is 2.53 bits per heavy atom. The summed E-state index contributed by atoms with van der Waals surface area (Å²) in [7, 11) is 0. The molecule has 0 unspecified atom stereocenters. The lowest BCUT2D eigenvalue weighted by Gasteiger charge is -2.18. The van der Waals surface area contributed by atoms with E-state index >= 15 is 0 Å². The lowest BCUT2D eigenvalue weighted by Crippen LogP contribution is -2.42. The van der Waals surface area contributed by atoms with Gasteiger partial charge in [0.25, 0.3) is 0 Å². The van der Waals surface area contributed by atoms with E-state index in [9.17, 15) is 4.79 Å². The average molecular weight is 260 g/mol. The van der Waals surface area contributed by atoms with Gasteiger partial charge in [0.1, 0.15) is 0 Å². The van der Waals surface area contributed by atoms with Crippen LogP contribution < -0.4 is 10.6 Å². The standard InChI is InChI=1S/C16H24N2O/c1-2-3-4-8-13-17-15(19)18-16(11-12-16)14-9-6-5-7-10-14/h5-7,9-10H,2-4,8,11-13H2,1H3,(H2,17,18,19). The summed E-state index contributed by atoms with van der Waals surface area (Å²) in [6.07, 6.45) is 6.82. The van der Waals surface area contributed by atoms with Crippen LogP contribution in [0.1, 0.15) is 51.0 Å². The van der Waals surface area contributed by atoms with E-state index in [1.165, 1.54) is 24.8 Å². The van der Waals surface area contributed by atoms with E-state index in [1.807, 2.05) is 18.2 Å². The Morgan fingerprint density at radius 1 is 1.16 bits per heavy atom. The van der Waals surface area contributed by atoms with Gasteiger partial charge in [0.2, 0.25) is 0 Å². The molecular weight excluding hydrogens is 236 g/mol. The number of benzene rings is 1. The number of nitrogens with one attached hydrogen (secondary N) is 2. The van der Waals surface area contributed by atoms with E-state index < -0.39 is 0 Å². The van der Waals surface area contributed by atoms with Crippen molar-refractivity contribution in [2.75, 3.05) is 6.54 Å². The van der Waals surface area contributed by atoms with E-state index in [2.05, 4.69) is 29.7 Å². The second-order valence-electron chi connectivity index (χ2n) is 5.39. The molecular formula is C16H24N2O. The number of carbonyl (C=O) groups excluding carboxylic acids is 1. The number of amides is 2. The van der Waals surface area contributed by atoms with E-state index in [0.29, 0.717) is 0 Å². The van der Waals surface area contributed by atoms with Crippen LogP contribution in [0.5, 0.6) is 0 Å². The van der Waals surface area contributed by atoms with Gasteiger partial charge in [-0.2, -0.15) is 0 Å². The molecule has 0 heterocycles. The van der Waals surface area contributed by atoms with Crippen molar-refractivity contribution in [3.8, 4) is 0 Å². The molecule has 3 heteroatoms. The van der Waals surface area contributed by atoms with Crippen LogP contribution in [0.15, 0.2) is 30.3 Å². The Bertz CT molecular complexity index is 398. The Labute approximate surface area is 115 Å². The van der Waals surface area contributed by atoms with Crippen LogP contribution in [0.4, 0.5) is 4.79 Å². The molecule has 0 aromatic heterocycles. The monoisotopic (exact) mass is 260 g/mol. The molecule has 19 heavy (non-hydrogen) atoms. The van der Waals surface area contributed by atoms with Gasteiger partial charge in [0, 0.05) is 6.54 Å². The van der Waals surface area contributed by atoms with Crippen LogP contribution in [0.25, 0.3) is 0 Å². The third-order valence-corrected chi connectivity index (χ3v) is 3.75. The van der Waals surface area contributed by atoms with Gasteiger partial charge in [-0.1, -0.05) is 56.5 Å². The predicted octanol–water partition coefficient (Wildman–Crippen LogP) is 3.56. The van der Waals surface area contributed by atoms with Gasteiger partial charge in [-0.25, -0.2) is 4.79 Å². The highest BCUT2D eigenvalue weighted by Crippen LogP contribution is 2.45. The summed E-state index contributed by atoms with van der Waals surface area (Å²) in [5.74, 6) is 0. The van der Waals surface area contributed by atoms with E-state index in [0.717, 1.165) is 25.8 Å². The van der Waals surface area contributed by atoms with Crippen molar-refractivity contribution in [1.29, 1.82) is 0 Å². The summed E-state index contributed by atoms with van der Waals surface area (Å²) in [4.78, 5) is 11.9. The van der Waals surface area contributed by atoms with Gasteiger partial charge in [-0.3, -0.25) is 0 Å². The topological polar surface area (TPSA) is 41.1 Å². The molecule has 1 aliphatic rings. The van der Waals surface area contributed by atoms with E-state index in [-0.39, 0.29) is 11.6 Å². The van der Waals surface area contributed by atoms with Crippen molar-refractivity contribution in [2.24, 2.45) is 0 Å². The first-order valence-corrected chi connectivity index (χ1v) is 7.38. The lowest BCUT2D eigenvalue weighted by atomic mass is 10.1. The molecule has 0 saturated heterocycles.